The lowest BCUT2D eigenvalue weighted by molar-refractivity contribution is -0.385. The number of hydrogen-bond donors (Lipinski definition) is 1. The van der Waals surface area contributed by atoms with Crippen LogP contribution in [0.2, 0.25) is 0 Å². The number of hydrogen-bond acceptors (Lipinski definition) is 4. The minimum absolute atomic E-state index is 0.319. The first-order valence-electron chi connectivity index (χ1n) is 4.60. The van der Waals surface area contributed by atoms with E-state index in [4.69, 9.17) is 0 Å². The molecule has 0 amide bonds. The second-order valence-electron chi connectivity index (χ2n) is 3.37. The fraction of sp³-hybridized carbons (Fsp3) is 0.300. The normalized spacial score (nSPS) is 11.3. The van der Waals surface area contributed by atoms with Gasteiger partial charge in [-0.1, -0.05) is 6.07 Å². The average Bonchev–Trinajstić information content (AvgIpc) is 2.20. The van der Waals surface area contributed by atoms with Crippen LogP contribution in [0.5, 0.6) is 5.75 Å². The zero-order valence-electron chi connectivity index (χ0n) is 9.34. The van der Waals surface area contributed by atoms with Gasteiger partial charge < -0.3 is 10.0 Å². The molecule has 1 N–H and O–H groups in total. The Balaban J connectivity index is 3.36. The molecule has 86 valence electrons. The van der Waals surface area contributed by atoms with E-state index >= 15 is 0 Å². The van der Waals surface area contributed by atoms with E-state index < -0.39 is 4.92 Å². The third kappa shape index (κ3) is 2.10. The van der Waals surface area contributed by atoms with Gasteiger partial charge in [0.05, 0.1) is 10.5 Å². The lowest BCUT2D eigenvalue weighted by atomic mass is 10.1. The van der Waals surface area contributed by atoms with Gasteiger partial charge in [0.2, 0.25) is 5.75 Å². The Labute approximate surface area is 93.0 Å². The van der Waals surface area contributed by atoms with Gasteiger partial charge in [-0.25, -0.2) is 0 Å². The van der Waals surface area contributed by atoms with Crippen molar-refractivity contribution in [1.29, 1.82) is 0 Å². The fourth-order valence-corrected chi connectivity index (χ4v) is 1.42. The summed E-state index contributed by atoms with van der Waals surface area (Å²) >= 11 is 0. The quantitative estimate of drug-likeness (QED) is 0.354. The zero-order valence-corrected chi connectivity index (χ0v) is 9.34. The van der Waals surface area contributed by atoms with Crippen molar-refractivity contribution in [3.63, 3.8) is 0 Å². The molecule has 6 nitrogen and oxygen atoms in total. The predicted molar refractivity (Wildman–Crippen MR) is 60.9 cm³/mol. The summed E-state index contributed by atoms with van der Waals surface area (Å²) in [6.07, 6.45) is 0. The van der Waals surface area contributed by atoms with E-state index in [9.17, 15) is 15.2 Å². The number of aliphatic imine (C=N–C) groups is 1. The maximum atomic E-state index is 10.6. The molecule has 0 spiro atoms. The number of aromatic hydroxyl groups is 1. The molecule has 1 aromatic carbocycles. The number of phenolic OH excluding ortho intramolecular Hbond substituents is 1. The van der Waals surface area contributed by atoms with Crippen LogP contribution in [0, 0.1) is 10.1 Å². The first kappa shape index (κ1) is 12.0. The number of nitro benzene ring substituents is 1. The average molecular weight is 223 g/mol. The van der Waals surface area contributed by atoms with Crippen LogP contribution in [0.15, 0.2) is 23.2 Å². The number of para-hydroxylation sites is 1. The molecule has 0 saturated heterocycles. The van der Waals surface area contributed by atoms with Crippen LogP contribution in [0.4, 0.5) is 5.69 Å². The topological polar surface area (TPSA) is 79.0 Å². The summed E-state index contributed by atoms with van der Waals surface area (Å²) < 4.78 is 0. The van der Waals surface area contributed by atoms with Gasteiger partial charge >= 0.3 is 5.69 Å². The molecular formula is C10H13N3O3. The molecule has 0 radical (unpaired) electrons. The van der Waals surface area contributed by atoms with Crippen molar-refractivity contribution in [3.05, 3.63) is 33.9 Å². The van der Waals surface area contributed by atoms with Crippen LogP contribution >= 0.6 is 0 Å². The fourth-order valence-electron chi connectivity index (χ4n) is 1.42. The van der Waals surface area contributed by atoms with E-state index in [1.807, 2.05) is 0 Å². The first-order chi connectivity index (χ1) is 7.49. The standard InChI is InChI=1S/C10H13N3O3/c1-11-10(12(2)3)7-5-4-6-8(9(7)14)13(15)16/h4-6,14H,1-3H3/b11-10-. The lowest BCUT2D eigenvalue weighted by Gasteiger charge is -2.16. The molecule has 1 aromatic rings. The molecule has 16 heavy (non-hydrogen) atoms. The molecule has 0 aliphatic rings. The molecule has 0 aromatic heterocycles. The first-order valence-corrected chi connectivity index (χ1v) is 4.60. The monoisotopic (exact) mass is 223 g/mol. The molecule has 0 atom stereocenters. The summed E-state index contributed by atoms with van der Waals surface area (Å²) in [6, 6.07) is 4.36. The predicted octanol–water partition coefficient (Wildman–Crippen LogP) is 1.24. The highest BCUT2D eigenvalue weighted by atomic mass is 16.6. The van der Waals surface area contributed by atoms with Gasteiger partial charge in [0.1, 0.15) is 5.84 Å². The molecular weight excluding hydrogens is 210 g/mol. The summed E-state index contributed by atoms with van der Waals surface area (Å²) in [5.41, 5.74) is 0.0298. The van der Waals surface area contributed by atoms with Gasteiger partial charge in [-0.15, -0.1) is 0 Å². The van der Waals surface area contributed by atoms with Crippen molar-refractivity contribution in [1.82, 2.24) is 4.90 Å². The van der Waals surface area contributed by atoms with Crippen molar-refractivity contribution in [2.45, 2.75) is 0 Å². The summed E-state index contributed by atoms with van der Waals surface area (Å²) in [4.78, 5) is 15.7. The number of rotatable bonds is 2. The van der Waals surface area contributed by atoms with Crippen molar-refractivity contribution in [3.8, 4) is 5.75 Å². The maximum absolute atomic E-state index is 10.6. The van der Waals surface area contributed by atoms with Gasteiger partial charge in [0.25, 0.3) is 0 Å². The van der Waals surface area contributed by atoms with Crippen LogP contribution in [-0.2, 0) is 0 Å². The van der Waals surface area contributed by atoms with Crippen LogP contribution in [0.1, 0.15) is 5.56 Å². The summed E-state index contributed by atoms with van der Waals surface area (Å²) in [5, 5.41) is 20.4. The number of amidine groups is 1. The van der Waals surface area contributed by atoms with Gasteiger partial charge in [-0.3, -0.25) is 15.1 Å². The van der Waals surface area contributed by atoms with Crippen LogP contribution in [0.25, 0.3) is 0 Å². The van der Waals surface area contributed by atoms with Crippen molar-refractivity contribution in [2.75, 3.05) is 21.1 Å². The molecule has 0 aliphatic carbocycles. The summed E-state index contributed by atoms with van der Waals surface area (Å²) in [5.74, 6) is 0.128. The van der Waals surface area contributed by atoms with E-state index in [2.05, 4.69) is 4.99 Å². The second-order valence-corrected chi connectivity index (χ2v) is 3.37. The van der Waals surface area contributed by atoms with Crippen molar-refractivity contribution < 1.29 is 10.0 Å². The number of nitro groups is 1. The minimum atomic E-state index is -0.623. The molecule has 1 rings (SSSR count). The van der Waals surface area contributed by atoms with E-state index in [1.54, 1.807) is 32.1 Å². The Hall–Kier alpha value is -2.11. The molecule has 0 fully saturated rings. The van der Waals surface area contributed by atoms with Gasteiger partial charge in [0.15, 0.2) is 0 Å². The van der Waals surface area contributed by atoms with Gasteiger partial charge in [0, 0.05) is 27.2 Å². The minimum Gasteiger partial charge on any atom is -0.502 e. The SMILES string of the molecule is C/N=C(/c1cccc([N+](=O)[O-])c1O)N(C)C. The van der Waals surface area contributed by atoms with E-state index in [0.29, 0.717) is 11.4 Å². The van der Waals surface area contributed by atoms with Crippen LogP contribution in [-0.4, -0.2) is 41.9 Å². The molecule has 0 bridgehead atoms. The third-order valence-electron chi connectivity index (χ3n) is 2.09. The molecule has 0 unspecified atom stereocenters. The molecule has 0 aliphatic heterocycles. The largest absolute Gasteiger partial charge is 0.502 e. The Bertz CT molecular complexity index is 441. The third-order valence-corrected chi connectivity index (χ3v) is 2.09. The van der Waals surface area contributed by atoms with Crippen LogP contribution in [0.3, 0.4) is 0 Å². The van der Waals surface area contributed by atoms with E-state index in [-0.39, 0.29) is 11.4 Å². The smallest absolute Gasteiger partial charge is 0.311 e. The Kier molecular flexibility index (Phi) is 3.44. The molecule has 0 heterocycles. The zero-order chi connectivity index (χ0) is 12.3. The van der Waals surface area contributed by atoms with Gasteiger partial charge in [-0.05, 0) is 6.07 Å². The number of phenols is 1. The van der Waals surface area contributed by atoms with E-state index in [1.165, 1.54) is 12.1 Å². The van der Waals surface area contributed by atoms with Gasteiger partial charge in [-0.2, -0.15) is 0 Å². The highest BCUT2D eigenvalue weighted by Gasteiger charge is 2.20. The van der Waals surface area contributed by atoms with Crippen molar-refractivity contribution >= 4 is 11.5 Å². The summed E-state index contributed by atoms with van der Waals surface area (Å²) in [6.45, 7) is 0. The Morgan fingerprint density at radius 2 is 2.12 bits per heavy atom. The number of benzene rings is 1. The van der Waals surface area contributed by atoms with Crippen molar-refractivity contribution in [2.24, 2.45) is 4.99 Å². The van der Waals surface area contributed by atoms with E-state index in [0.717, 1.165) is 0 Å². The summed E-state index contributed by atoms with van der Waals surface area (Å²) in [7, 11) is 5.06. The highest BCUT2D eigenvalue weighted by molar-refractivity contribution is 6.01. The Morgan fingerprint density at radius 3 is 2.56 bits per heavy atom. The molecule has 0 saturated carbocycles. The lowest BCUT2D eigenvalue weighted by Crippen LogP contribution is -2.23. The maximum Gasteiger partial charge on any atom is 0.311 e. The molecule has 6 heteroatoms. The number of nitrogens with zero attached hydrogens (tertiary/aromatic N) is 3. The highest BCUT2D eigenvalue weighted by Crippen LogP contribution is 2.29. The Morgan fingerprint density at radius 1 is 1.50 bits per heavy atom. The second kappa shape index (κ2) is 4.61. The van der Waals surface area contributed by atoms with Crippen LogP contribution < -0.4 is 0 Å².